The van der Waals surface area contributed by atoms with Crippen LogP contribution < -0.4 is 5.32 Å². The van der Waals surface area contributed by atoms with E-state index in [1.165, 1.54) is 6.42 Å². The Labute approximate surface area is 166 Å². The lowest BCUT2D eigenvalue weighted by molar-refractivity contribution is -0.152. The molecule has 2 aliphatic rings. The fourth-order valence-corrected chi connectivity index (χ4v) is 4.31. The SMILES string of the molecule is C[C@@H]1[C@H](C)CCC[C@H]1N1C[C@H](C(=O)OCC(=O)NCc2ccccc2)CC1=O. The zero-order valence-electron chi connectivity index (χ0n) is 16.7. The number of likely N-dealkylation sites (tertiary alicyclic amines) is 1. The smallest absolute Gasteiger partial charge is 0.311 e. The molecule has 2 fully saturated rings. The molecule has 1 saturated carbocycles. The van der Waals surface area contributed by atoms with Crippen molar-refractivity contribution in [3.8, 4) is 0 Å². The van der Waals surface area contributed by atoms with Crippen molar-refractivity contribution in [2.45, 2.75) is 52.1 Å². The molecule has 3 rings (SSSR count). The number of hydrogen-bond acceptors (Lipinski definition) is 4. The van der Waals surface area contributed by atoms with Gasteiger partial charge in [0.2, 0.25) is 5.91 Å². The molecule has 2 amide bonds. The predicted molar refractivity (Wildman–Crippen MR) is 105 cm³/mol. The minimum atomic E-state index is -0.473. The Morgan fingerprint density at radius 3 is 2.68 bits per heavy atom. The number of amides is 2. The summed E-state index contributed by atoms with van der Waals surface area (Å²) in [5, 5.41) is 2.73. The highest BCUT2D eigenvalue weighted by Gasteiger charge is 2.42. The minimum absolute atomic E-state index is 0.0291. The van der Waals surface area contributed by atoms with Crippen LogP contribution in [-0.4, -0.2) is 41.9 Å². The van der Waals surface area contributed by atoms with Crippen molar-refractivity contribution in [1.29, 1.82) is 0 Å². The topological polar surface area (TPSA) is 75.7 Å². The number of carbonyl (C=O) groups excluding carboxylic acids is 3. The molecule has 4 atom stereocenters. The van der Waals surface area contributed by atoms with Crippen LogP contribution in [0.4, 0.5) is 0 Å². The molecule has 0 aromatic heterocycles. The monoisotopic (exact) mass is 386 g/mol. The molecule has 0 bridgehead atoms. The van der Waals surface area contributed by atoms with Crippen LogP contribution in [0.1, 0.15) is 45.1 Å². The van der Waals surface area contributed by atoms with Gasteiger partial charge in [0.05, 0.1) is 5.92 Å². The molecule has 0 spiro atoms. The molecule has 1 N–H and O–H groups in total. The van der Waals surface area contributed by atoms with Gasteiger partial charge in [0, 0.05) is 25.6 Å². The first-order chi connectivity index (χ1) is 13.5. The average Bonchev–Trinajstić information content (AvgIpc) is 3.09. The van der Waals surface area contributed by atoms with Crippen LogP contribution in [0.3, 0.4) is 0 Å². The van der Waals surface area contributed by atoms with Crippen LogP contribution in [0.15, 0.2) is 30.3 Å². The second-order valence-corrected chi connectivity index (χ2v) is 8.15. The number of nitrogens with one attached hydrogen (secondary N) is 1. The van der Waals surface area contributed by atoms with Crippen LogP contribution in [0.25, 0.3) is 0 Å². The van der Waals surface area contributed by atoms with E-state index in [1.54, 1.807) is 0 Å². The lowest BCUT2D eigenvalue weighted by Crippen LogP contribution is -2.45. The van der Waals surface area contributed by atoms with Gasteiger partial charge in [-0.15, -0.1) is 0 Å². The van der Waals surface area contributed by atoms with E-state index < -0.39 is 11.9 Å². The molecule has 28 heavy (non-hydrogen) atoms. The predicted octanol–water partition coefficient (Wildman–Crippen LogP) is 2.52. The molecule has 1 aliphatic heterocycles. The highest BCUT2D eigenvalue weighted by Crippen LogP contribution is 2.35. The van der Waals surface area contributed by atoms with Crippen LogP contribution in [0, 0.1) is 17.8 Å². The maximum Gasteiger partial charge on any atom is 0.311 e. The number of ether oxygens (including phenoxy) is 1. The number of hydrogen-bond donors (Lipinski definition) is 1. The molecule has 6 heteroatoms. The first-order valence-electron chi connectivity index (χ1n) is 10.2. The van der Waals surface area contributed by atoms with E-state index in [9.17, 15) is 14.4 Å². The zero-order chi connectivity index (χ0) is 20.1. The quantitative estimate of drug-likeness (QED) is 0.763. The number of benzene rings is 1. The molecule has 0 unspecified atom stereocenters. The lowest BCUT2D eigenvalue weighted by Gasteiger charge is -2.39. The summed E-state index contributed by atoms with van der Waals surface area (Å²) in [6.07, 6.45) is 3.50. The molecule has 1 heterocycles. The maximum absolute atomic E-state index is 12.5. The van der Waals surface area contributed by atoms with Gasteiger partial charge in [0.25, 0.3) is 5.91 Å². The van der Waals surface area contributed by atoms with Gasteiger partial charge in [-0.25, -0.2) is 0 Å². The van der Waals surface area contributed by atoms with Gasteiger partial charge in [-0.3, -0.25) is 14.4 Å². The summed E-state index contributed by atoms with van der Waals surface area (Å²) >= 11 is 0. The van der Waals surface area contributed by atoms with Crippen molar-refractivity contribution in [1.82, 2.24) is 10.2 Å². The number of esters is 1. The molecule has 0 radical (unpaired) electrons. The lowest BCUT2D eigenvalue weighted by atomic mass is 9.77. The van der Waals surface area contributed by atoms with Gasteiger partial charge in [0.1, 0.15) is 0 Å². The average molecular weight is 386 g/mol. The van der Waals surface area contributed by atoms with Crippen molar-refractivity contribution >= 4 is 17.8 Å². The summed E-state index contributed by atoms with van der Waals surface area (Å²) < 4.78 is 5.18. The molecular formula is C22H30N2O4. The third-order valence-corrected chi connectivity index (χ3v) is 6.23. The number of rotatable bonds is 6. The van der Waals surface area contributed by atoms with Gasteiger partial charge in [-0.05, 0) is 23.8 Å². The van der Waals surface area contributed by atoms with E-state index in [1.807, 2.05) is 35.2 Å². The third-order valence-electron chi connectivity index (χ3n) is 6.23. The third kappa shape index (κ3) is 4.91. The van der Waals surface area contributed by atoms with Crippen molar-refractivity contribution in [2.24, 2.45) is 17.8 Å². The Morgan fingerprint density at radius 2 is 1.93 bits per heavy atom. The summed E-state index contributed by atoms with van der Waals surface area (Å²) in [6, 6.07) is 9.75. The molecule has 1 aromatic carbocycles. The Balaban J connectivity index is 1.44. The standard InChI is InChI=1S/C22H30N2O4/c1-15-7-6-10-19(16(15)2)24-13-18(11-21(24)26)22(27)28-14-20(25)23-12-17-8-4-3-5-9-17/h3-5,8-9,15-16,18-19H,6-7,10-14H2,1-2H3,(H,23,25)/t15-,16-,18-,19-/m1/s1. The van der Waals surface area contributed by atoms with Gasteiger partial charge in [-0.1, -0.05) is 57.0 Å². The van der Waals surface area contributed by atoms with Crippen LogP contribution in [-0.2, 0) is 25.7 Å². The Morgan fingerprint density at radius 1 is 1.18 bits per heavy atom. The van der Waals surface area contributed by atoms with Crippen LogP contribution in [0.2, 0.25) is 0 Å². The Bertz CT molecular complexity index is 706. The fraction of sp³-hybridized carbons (Fsp3) is 0.591. The molecule has 1 saturated heterocycles. The van der Waals surface area contributed by atoms with Gasteiger partial charge in [0.15, 0.2) is 6.61 Å². The Kier molecular flexibility index (Phi) is 6.70. The number of nitrogens with zero attached hydrogens (tertiary/aromatic N) is 1. The van der Waals surface area contributed by atoms with E-state index in [0.717, 1.165) is 18.4 Å². The van der Waals surface area contributed by atoms with Crippen molar-refractivity contribution < 1.29 is 19.1 Å². The summed E-state index contributed by atoms with van der Waals surface area (Å²) in [5.41, 5.74) is 0.982. The van der Waals surface area contributed by atoms with E-state index in [2.05, 4.69) is 19.2 Å². The summed E-state index contributed by atoms with van der Waals surface area (Å²) in [4.78, 5) is 38.6. The van der Waals surface area contributed by atoms with Crippen molar-refractivity contribution in [3.63, 3.8) is 0 Å². The van der Waals surface area contributed by atoms with Crippen molar-refractivity contribution in [2.75, 3.05) is 13.2 Å². The highest BCUT2D eigenvalue weighted by molar-refractivity contribution is 5.88. The van der Waals surface area contributed by atoms with Crippen molar-refractivity contribution in [3.05, 3.63) is 35.9 Å². The largest absolute Gasteiger partial charge is 0.455 e. The van der Waals surface area contributed by atoms with Gasteiger partial charge < -0.3 is 15.0 Å². The maximum atomic E-state index is 12.5. The van der Waals surface area contributed by atoms with Crippen LogP contribution in [0.5, 0.6) is 0 Å². The minimum Gasteiger partial charge on any atom is -0.455 e. The molecule has 1 aromatic rings. The summed E-state index contributed by atoms with van der Waals surface area (Å²) in [6.45, 7) is 4.92. The second kappa shape index (κ2) is 9.22. The highest BCUT2D eigenvalue weighted by atomic mass is 16.5. The van der Waals surface area contributed by atoms with E-state index >= 15 is 0 Å². The first kappa shape index (κ1) is 20.4. The molecular weight excluding hydrogens is 356 g/mol. The normalized spacial score (nSPS) is 27.5. The molecule has 152 valence electrons. The van der Waals surface area contributed by atoms with E-state index in [-0.39, 0.29) is 30.9 Å². The van der Waals surface area contributed by atoms with Crippen LogP contribution >= 0.6 is 0 Å². The zero-order valence-corrected chi connectivity index (χ0v) is 16.7. The second-order valence-electron chi connectivity index (χ2n) is 8.15. The molecule has 1 aliphatic carbocycles. The van der Waals surface area contributed by atoms with Gasteiger partial charge in [-0.2, -0.15) is 0 Å². The summed E-state index contributed by atoms with van der Waals surface area (Å²) in [5.74, 6) is -0.210. The number of carbonyl (C=O) groups is 3. The van der Waals surface area contributed by atoms with E-state index in [0.29, 0.717) is 24.9 Å². The Hall–Kier alpha value is -2.37. The fourth-order valence-electron chi connectivity index (χ4n) is 4.31. The molecule has 6 nitrogen and oxygen atoms in total. The van der Waals surface area contributed by atoms with Gasteiger partial charge >= 0.3 is 5.97 Å². The first-order valence-corrected chi connectivity index (χ1v) is 10.2. The van der Waals surface area contributed by atoms with E-state index in [4.69, 9.17) is 4.74 Å². The summed E-state index contributed by atoms with van der Waals surface area (Å²) in [7, 11) is 0.